The molecule has 1 aromatic carbocycles. The van der Waals surface area contributed by atoms with Crippen LogP contribution < -0.4 is 4.72 Å². The molecule has 0 aliphatic carbocycles. The van der Waals surface area contributed by atoms with Gasteiger partial charge in [0.15, 0.2) is 0 Å². The minimum Gasteiger partial charge on any atom is -0.384 e. The van der Waals surface area contributed by atoms with Crippen molar-refractivity contribution in [1.29, 1.82) is 0 Å². The predicted octanol–water partition coefficient (Wildman–Crippen LogP) is 1.63. The Kier molecular flexibility index (Phi) is 5.45. The van der Waals surface area contributed by atoms with Crippen LogP contribution in [0.1, 0.15) is 26.3 Å². The molecule has 1 rings (SSSR count). The van der Waals surface area contributed by atoms with Crippen molar-refractivity contribution in [3.05, 3.63) is 29.3 Å². The fraction of sp³-hybridized carbons (Fsp3) is 0.429. The quantitative estimate of drug-likeness (QED) is 0.833. The molecule has 0 aliphatic rings. The van der Waals surface area contributed by atoms with Gasteiger partial charge in [-0.05, 0) is 11.5 Å². The summed E-state index contributed by atoms with van der Waals surface area (Å²) in [5.74, 6) is 2.27. The molecule has 0 unspecified atom stereocenters. The number of hydrogen-bond acceptors (Lipinski definition) is 3. The number of benzene rings is 1. The summed E-state index contributed by atoms with van der Waals surface area (Å²) >= 11 is 0. The minimum atomic E-state index is -4.18. The normalized spacial score (nSPS) is 11.9. The Bertz CT molecular complexity index is 683. The van der Waals surface area contributed by atoms with Gasteiger partial charge in [-0.3, -0.25) is 0 Å². The highest BCUT2D eigenvalue weighted by atomic mass is 32.2. The number of rotatable bonds is 3. The summed E-state index contributed by atoms with van der Waals surface area (Å²) < 4.78 is 53.7. The zero-order valence-electron chi connectivity index (χ0n) is 12.0. The highest BCUT2D eigenvalue weighted by molar-refractivity contribution is 7.89. The van der Waals surface area contributed by atoms with Gasteiger partial charge in [0.1, 0.15) is 23.1 Å². The van der Waals surface area contributed by atoms with Crippen molar-refractivity contribution in [2.75, 3.05) is 13.2 Å². The topological polar surface area (TPSA) is 66.4 Å². The number of halogens is 2. The van der Waals surface area contributed by atoms with Crippen molar-refractivity contribution in [2.45, 2.75) is 25.7 Å². The Labute approximate surface area is 123 Å². The maximum atomic E-state index is 13.9. The first-order valence-electron chi connectivity index (χ1n) is 6.15. The van der Waals surface area contributed by atoms with Gasteiger partial charge in [0.25, 0.3) is 0 Å². The Morgan fingerprint density at radius 2 is 1.90 bits per heavy atom. The molecular weight excluding hydrogens is 300 g/mol. The molecule has 0 fully saturated rings. The van der Waals surface area contributed by atoms with Crippen LogP contribution in [0.4, 0.5) is 8.78 Å². The lowest BCUT2D eigenvalue weighted by Crippen LogP contribution is -2.33. The van der Waals surface area contributed by atoms with Gasteiger partial charge in [-0.1, -0.05) is 32.6 Å². The fourth-order valence-electron chi connectivity index (χ4n) is 1.44. The van der Waals surface area contributed by atoms with Crippen molar-refractivity contribution in [2.24, 2.45) is 5.41 Å². The van der Waals surface area contributed by atoms with Crippen LogP contribution in [0.3, 0.4) is 0 Å². The zero-order valence-corrected chi connectivity index (χ0v) is 12.8. The van der Waals surface area contributed by atoms with E-state index in [1.165, 1.54) is 0 Å². The smallest absolute Gasteiger partial charge is 0.244 e. The second kappa shape index (κ2) is 6.52. The number of aliphatic hydroxyl groups excluding tert-OH is 1. The maximum absolute atomic E-state index is 13.9. The predicted molar refractivity (Wildman–Crippen MR) is 75.0 cm³/mol. The first-order chi connectivity index (χ1) is 9.57. The van der Waals surface area contributed by atoms with Gasteiger partial charge in [0, 0.05) is 12.6 Å². The molecule has 0 saturated carbocycles. The van der Waals surface area contributed by atoms with E-state index in [1.807, 2.05) is 20.8 Å². The monoisotopic (exact) mass is 317 g/mol. The van der Waals surface area contributed by atoms with E-state index in [9.17, 15) is 17.2 Å². The van der Waals surface area contributed by atoms with E-state index < -0.39 is 33.2 Å². The number of sulfonamides is 1. The van der Waals surface area contributed by atoms with Gasteiger partial charge in [0.2, 0.25) is 10.0 Å². The molecular formula is C14H17F2NO3S. The fourth-order valence-corrected chi connectivity index (χ4v) is 2.93. The minimum absolute atomic E-state index is 0.0824. The van der Waals surface area contributed by atoms with Gasteiger partial charge in [-0.2, -0.15) is 0 Å². The lowest BCUT2D eigenvalue weighted by atomic mass is 9.98. The van der Waals surface area contributed by atoms with E-state index >= 15 is 0 Å². The Morgan fingerprint density at radius 3 is 2.43 bits per heavy atom. The molecule has 0 heterocycles. The van der Waals surface area contributed by atoms with Crippen molar-refractivity contribution in [3.8, 4) is 11.8 Å². The summed E-state index contributed by atoms with van der Waals surface area (Å²) in [6, 6.07) is 1.30. The first-order valence-corrected chi connectivity index (χ1v) is 7.63. The molecule has 116 valence electrons. The largest absolute Gasteiger partial charge is 0.384 e. The third kappa shape index (κ3) is 5.08. The molecule has 0 atom stereocenters. The number of hydrogen-bond donors (Lipinski definition) is 2. The molecule has 0 amide bonds. The Morgan fingerprint density at radius 1 is 1.29 bits per heavy atom. The van der Waals surface area contributed by atoms with Gasteiger partial charge >= 0.3 is 0 Å². The van der Waals surface area contributed by atoms with Crippen LogP contribution in [0.15, 0.2) is 17.0 Å². The van der Waals surface area contributed by atoms with E-state index in [2.05, 4.69) is 16.6 Å². The number of aliphatic hydroxyl groups is 1. The highest BCUT2D eigenvalue weighted by Crippen LogP contribution is 2.22. The Hall–Kier alpha value is -1.49. The second-order valence-electron chi connectivity index (χ2n) is 5.61. The molecule has 7 heteroatoms. The van der Waals surface area contributed by atoms with E-state index in [4.69, 9.17) is 5.11 Å². The van der Waals surface area contributed by atoms with Crippen LogP contribution in [0.2, 0.25) is 0 Å². The lowest BCUT2D eigenvalue weighted by molar-refractivity contribution is 0.350. The van der Waals surface area contributed by atoms with Crippen LogP contribution in [-0.2, 0) is 10.0 Å². The molecule has 2 N–H and O–H groups in total. The molecule has 0 aromatic heterocycles. The molecule has 0 radical (unpaired) electrons. The van der Waals surface area contributed by atoms with Crippen molar-refractivity contribution < 1.29 is 22.3 Å². The van der Waals surface area contributed by atoms with Gasteiger partial charge < -0.3 is 5.11 Å². The third-order valence-corrected chi connectivity index (χ3v) is 3.85. The van der Waals surface area contributed by atoms with E-state index in [1.54, 1.807) is 0 Å². The van der Waals surface area contributed by atoms with Crippen LogP contribution in [0.25, 0.3) is 0 Å². The summed E-state index contributed by atoms with van der Waals surface area (Å²) in [4.78, 5) is -0.714. The van der Waals surface area contributed by atoms with Gasteiger partial charge in [-0.25, -0.2) is 21.9 Å². The van der Waals surface area contributed by atoms with Crippen LogP contribution in [0.5, 0.6) is 0 Å². The lowest BCUT2D eigenvalue weighted by Gasteiger charge is -2.19. The molecule has 4 nitrogen and oxygen atoms in total. The van der Waals surface area contributed by atoms with Crippen LogP contribution in [-0.4, -0.2) is 26.7 Å². The summed E-state index contributed by atoms with van der Waals surface area (Å²) in [5.41, 5.74) is -0.677. The molecule has 21 heavy (non-hydrogen) atoms. The summed E-state index contributed by atoms with van der Waals surface area (Å²) in [7, 11) is -4.18. The SMILES string of the molecule is CC(C)(C)CNS(=O)(=O)c1c(F)cc(F)cc1C#CCO. The second-order valence-corrected chi connectivity index (χ2v) is 7.31. The average molecular weight is 317 g/mol. The third-order valence-electron chi connectivity index (χ3n) is 2.37. The summed E-state index contributed by atoms with van der Waals surface area (Å²) in [5, 5.41) is 8.64. The summed E-state index contributed by atoms with van der Waals surface area (Å²) in [6.07, 6.45) is 0. The first kappa shape index (κ1) is 17.6. The van der Waals surface area contributed by atoms with Gasteiger partial charge in [0.05, 0.1) is 5.56 Å². The van der Waals surface area contributed by atoms with Crippen molar-refractivity contribution in [3.63, 3.8) is 0 Å². The zero-order chi connectivity index (χ0) is 16.3. The van der Waals surface area contributed by atoms with Crippen molar-refractivity contribution >= 4 is 10.0 Å². The summed E-state index contributed by atoms with van der Waals surface area (Å²) in [6.45, 7) is 4.96. The Balaban J connectivity index is 3.34. The average Bonchev–Trinajstić information content (AvgIpc) is 2.32. The van der Waals surface area contributed by atoms with Crippen LogP contribution >= 0.6 is 0 Å². The molecule has 0 bridgehead atoms. The highest BCUT2D eigenvalue weighted by Gasteiger charge is 2.25. The van der Waals surface area contributed by atoms with E-state index in [0.717, 1.165) is 6.07 Å². The standard InChI is InChI=1S/C14H17F2NO3S/c1-14(2,3)9-17-21(19,20)13-10(5-4-6-18)7-11(15)8-12(13)16/h7-8,17-18H,6,9H2,1-3H3. The molecule has 0 saturated heterocycles. The molecule has 0 spiro atoms. The molecule has 1 aromatic rings. The number of nitrogens with one attached hydrogen (secondary N) is 1. The van der Waals surface area contributed by atoms with Crippen LogP contribution in [0, 0.1) is 28.9 Å². The maximum Gasteiger partial charge on any atom is 0.244 e. The van der Waals surface area contributed by atoms with E-state index in [-0.39, 0.29) is 17.5 Å². The van der Waals surface area contributed by atoms with Crippen molar-refractivity contribution in [1.82, 2.24) is 4.72 Å². The van der Waals surface area contributed by atoms with Gasteiger partial charge in [-0.15, -0.1) is 0 Å². The van der Waals surface area contributed by atoms with E-state index in [0.29, 0.717) is 6.07 Å². The molecule has 0 aliphatic heterocycles.